The molecule has 23 heavy (non-hydrogen) atoms. The van der Waals surface area contributed by atoms with E-state index in [4.69, 9.17) is 0 Å². The Morgan fingerprint density at radius 1 is 1.35 bits per heavy atom. The molecule has 0 spiro atoms. The van der Waals surface area contributed by atoms with Crippen LogP contribution < -0.4 is 10.6 Å². The Morgan fingerprint density at radius 3 is 2.83 bits per heavy atom. The summed E-state index contributed by atoms with van der Waals surface area (Å²) in [5.74, 6) is -0.0556. The Balaban J connectivity index is 0.00000192. The zero-order chi connectivity index (χ0) is 15.4. The second-order valence-electron chi connectivity index (χ2n) is 5.46. The molecule has 1 aliphatic heterocycles. The van der Waals surface area contributed by atoms with Crippen LogP contribution in [0.15, 0.2) is 36.5 Å². The lowest BCUT2D eigenvalue weighted by atomic mass is 10.1. The van der Waals surface area contributed by atoms with Gasteiger partial charge in [-0.3, -0.25) is 4.79 Å². The third-order valence-electron chi connectivity index (χ3n) is 3.85. The van der Waals surface area contributed by atoms with Crippen LogP contribution in [-0.2, 0) is 11.2 Å². The predicted octanol–water partition coefficient (Wildman–Crippen LogP) is 1.70. The molecule has 124 valence electrons. The minimum Gasteiger partial charge on any atom is -0.355 e. The first kappa shape index (κ1) is 17.4. The van der Waals surface area contributed by atoms with Crippen molar-refractivity contribution < 1.29 is 9.18 Å². The van der Waals surface area contributed by atoms with Crippen LogP contribution in [0.4, 0.5) is 4.39 Å². The Kier molecular flexibility index (Phi) is 6.12. The van der Waals surface area contributed by atoms with Gasteiger partial charge in [-0.25, -0.2) is 9.07 Å². The van der Waals surface area contributed by atoms with Gasteiger partial charge in [0.2, 0.25) is 5.91 Å². The van der Waals surface area contributed by atoms with E-state index in [1.165, 1.54) is 12.1 Å². The smallest absolute Gasteiger partial charge is 0.224 e. The number of halogens is 2. The second-order valence-corrected chi connectivity index (χ2v) is 5.46. The average Bonchev–Trinajstić information content (AvgIpc) is 3.19. The first-order valence-corrected chi connectivity index (χ1v) is 7.51. The zero-order valence-electron chi connectivity index (χ0n) is 12.7. The Morgan fingerprint density at radius 2 is 2.13 bits per heavy atom. The van der Waals surface area contributed by atoms with Crippen molar-refractivity contribution in [3.8, 4) is 5.69 Å². The summed E-state index contributed by atoms with van der Waals surface area (Å²) in [6.45, 7) is 2.26. The van der Waals surface area contributed by atoms with Crippen molar-refractivity contribution in [3.05, 3.63) is 48.0 Å². The van der Waals surface area contributed by atoms with Gasteiger partial charge in [-0.2, -0.15) is 5.10 Å². The molecule has 1 amide bonds. The van der Waals surface area contributed by atoms with E-state index in [1.54, 1.807) is 16.8 Å². The molecule has 2 heterocycles. The minimum atomic E-state index is -0.264. The fraction of sp³-hybridized carbons (Fsp3) is 0.375. The lowest BCUT2D eigenvalue weighted by Gasteiger charge is -2.08. The third-order valence-corrected chi connectivity index (χ3v) is 3.85. The molecule has 7 heteroatoms. The van der Waals surface area contributed by atoms with Gasteiger partial charge in [0.25, 0.3) is 0 Å². The first-order chi connectivity index (χ1) is 10.7. The highest BCUT2D eigenvalue weighted by atomic mass is 35.5. The van der Waals surface area contributed by atoms with Gasteiger partial charge in [0.05, 0.1) is 17.3 Å². The maximum atomic E-state index is 12.9. The number of carbonyl (C=O) groups is 1. The van der Waals surface area contributed by atoms with E-state index in [0.717, 1.165) is 30.9 Å². The Labute approximate surface area is 140 Å². The van der Waals surface area contributed by atoms with Crippen LogP contribution in [0.5, 0.6) is 0 Å². The molecule has 1 atom stereocenters. The first-order valence-electron chi connectivity index (χ1n) is 7.51. The van der Waals surface area contributed by atoms with Crippen LogP contribution in [0.25, 0.3) is 5.69 Å². The quantitative estimate of drug-likeness (QED) is 0.872. The molecule has 3 rings (SSSR count). The van der Waals surface area contributed by atoms with Gasteiger partial charge in [-0.1, -0.05) is 0 Å². The number of aromatic nitrogens is 2. The number of benzene rings is 1. The van der Waals surface area contributed by atoms with Crippen molar-refractivity contribution in [1.82, 2.24) is 20.4 Å². The van der Waals surface area contributed by atoms with Crippen LogP contribution in [0.3, 0.4) is 0 Å². The molecule has 1 aliphatic rings. The van der Waals surface area contributed by atoms with Crippen molar-refractivity contribution in [1.29, 1.82) is 0 Å². The zero-order valence-corrected chi connectivity index (χ0v) is 13.5. The summed E-state index contributed by atoms with van der Waals surface area (Å²) in [6, 6.07) is 8.09. The maximum Gasteiger partial charge on any atom is 0.224 e. The third kappa shape index (κ3) is 4.53. The van der Waals surface area contributed by atoms with Crippen molar-refractivity contribution in [2.45, 2.75) is 12.8 Å². The molecule has 0 radical (unpaired) electrons. The van der Waals surface area contributed by atoms with E-state index in [2.05, 4.69) is 15.7 Å². The number of hydrogen-bond acceptors (Lipinski definition) is 3. The monoisotopic (exact) mass is 338 g/mol. The topological polar surface area (TPSA) is 59.0 Å². The second kappa shape index (κ2) is 8.08. The Hall–Kier alpha value is -1.92. The van der Waals surface area contributed by atoms with E-state index in [1.807, 2.05) is 12.3 Å². The standard InChI is InChI=1S/C16H19FN4O.ClH/c17-13-1-3-15(4-2-13)21-10-7-14(20-21)6-9-19-16(22)12-5-8-18-11-12;/h1-4,7,10,12,18H,5-6,8-9,11H2,(H,19,22);1H. The lowest BCUT2D eigenvalue weighted by molar-refractivity contribution is -0.124. The largest absolute Gasteiger partial charge is 0.355 e. The number of hydrogen-bond donors (Lipinski definition) is 2. The van der Waals surface area contributed by atoms with E-state index in [-0.39, 0.29) is 30.0 Å². The molecule has 0 saturated carbocycles. The summed E-state index contributed by atoms with van der Waals surface area (Å²) in [7, 11) is 0. The summed E-state index contributed by atoms with van der Waals surface area (Å²) < 4.78 is 14.6. The minimum absolute atomic E-state index is 0. The van der Waals surface area contributed by atoms with Gasteiger partial charge in [-0.05, 0) is 43.3 Å². The predicted molar refractivity (Wildman–Crippen MR) is 88.5 cm³/mol. The molecule has 0 bridgehead atoms. The molecule has 0 aliphatic carbocycles. The summed E-state index contributed by atoms with van der Waals surface area (Å²) >= 11 is 0. The molecule has 2 N–H and O–H groups in total. The number of nitrogens with zero attached hydrogens (tertiary/aromatic N) is 2. The van der Waals surface area contributed by atoms with E-state index < -0.39 is 0 Å². The summed E-state index contributed by atoms with van der Waals surface area (Å²) in [4.78, 5) is 11.9. The SMILES string of the molecule is Cl.O=C(NCCc1ccn(-c2ccc(F)cc2)n1)C1CCNC1. The van der Waals surface area contributed by atoms with Crippen molar-refractivity contribution in [2.24, 2.45) is 5.92 Å². The highest BCUT2D eigenvalue weighted by Gasteiger charge is 2.21. The molecule has 1 saturated heterocycles. The molecule has 2 aromatic rings. The van der Waals surface area contributed by atoms with Crippen LogP contribution in [0.2, 0.25) is 0 Å². The van der Waals surface area contributed by atoms with Gasteiger partial charge in [0.1, 0.15) is 5.82 Å². The molecule has 1 aromatic carbocycles. The number of rotatable bonds is 5. The van der Waals surface area contributed by atoms with E-state index in [9.17, 15) is 9.18 Å². The molecule has 1 fully saturated rings. The van der Waals surface area contributed by atoms with Gasteiger partial charge < -0.3 is 10.6 Å². The number of nitrogens with one attached hydrogen (secondary N) is 2. The molecular weight excluding hydrogens is 319 g/mol. The van der Waals surface area contributed by atoms with Gasteiger partial charge in [0.15, 0.2) is 0 Å². The molecule has 1 aromatic heterocycles. The Bertz CT molecular complexity index is 638. The fourth-order valence-electron chi connectivity index (χ4n) is 2.57. The van der Waals surface area contributed by atoms with Gasteiger partial charge in [-0.15, -0.1) is 12.4 Å². The fourth-order valence-corrected chi connectivity index (χ4v) is 2.57. The molecular formula is C16H20ClFN4O. The summed E-state index contributed by atoms with van der Waals surface area (Å²) in [6.07, 6.45) is 3.43. The summed E-state index contributed by atoms with van der Waals surface area (Å²) in [5.41, 5.74) is 1.71. The van der Waals surface area contributed by atoms with Crippen LogP contribution in [0.1, 0.15) is 12.1 Å². The van der Waals surface area contributed by atoms with Crippen molar-refractivity contribution in [2.75, 3.05) is 19.6 Å². The van der Waals surface area contributed by atoms with Crippen LogP contribution >= 0.6 is 12.4 Å². The highest BCUT2D eigenvalue weighted by Crippen LogP contribution is 2.10. The van der Waals surface area contributed by atoms with Crippen molar-refractivity contribution >= 4 is 18.3 Å². The van der Waals surface area contributed by atoms with Crippen molar-refractivity contribution in [3.63, 3.8) is 0 Å². The van der Waals surface area contributed by atoms with Gasteiger partial charge >= 0.3 is 0 Å². The highest BCUT2D eigenvalue weighted by molar-refractivity contribution is 5.85. The lowest BCUT2D eigenvalue weighted by Crippen LogP contribution is -2.33. The van der Waals surface area contributed by atoms with Gasteiger partial charge in [0, 0.05) is 25.7 Å². The van der Waals surface area contributed by atoms with E-state index >= 15 is 0 Å². The summed E-state index contributed by atoms with van der Waals surface area (Å²) in [5, 5.41) is 10.6. The number of amides is 1. The van der Waals surface area contributed by atoms with E-state index in [0.29, 0.717) is 13.0 Å². The maximum absolute atomic E-state index is 12.9. The number of carbonyl (C=O) groups excluding carboxylic acids is 1. The van der Waals surface area contributed by atoms with Crippen LogP contribution in [-0.4, -0.2) is 35.3 Å². The molecule has 5 nitrogen and oxygen atoms in total. The van der Waals surface area contributed by atoms with Crippen LogP contribution in [0, 0.1) is 11.7 Å². The average molecular weight is 339 g/mol. The normalized spacial score (nSPS) is 16.8. The molecule has 1 unspecified atom stereocenters.